The Hall–Kier alpha value is -3.48. The lowest BCUT2D eigenvalue weighted by Gasteiger charge is -2.30. The van der Waals surface area contributed by atoms with Crippen LogP contribution in [0, 0.1) is 5.82 Å². The van der Waals surface area contributed by atoms with Crippen molar-refractivity contribution in [3.8, 4) is 0 Å². The summed E-state index contributed by atoms with van der Waals surface area (Å²) in [4.78, 5) is 29.1. The van der Waals surface area contributed by atoms with E-state index in [-0.39, 0.29) is 23.0 Å². The van der Waals surface area contributed by atoms with Gasteiger partial charge in [0.1, 0.15) is 5.82 Å². The van der Waals surface area contributed by atoms with Crippen LogP contribution < -0.4 is 10.6 Å². The monoisotopic (exact) mass is 434 g/mol. The van der Waals surface area contributed by atoms with Gasteiger partial charge in [-0.1, -0.05) is 31.0 Å². The number of amides is 2. The minimum atomic E-state index is -0.255. The van der Waals surface area contributed by atoms with E-state index in [0.29, 0.717) is 30.8 Å². The summed E-state index contributed by atoms with van der Waals surface area (Å²) in [5.41, 5.74) is 1.98. The van der Waals surface area contributed by atoms with Crippen molar-refractivity contribution in [3.63, 3.8) is 0 Å². The molecule has 7 heteroatoms. The zero-order chi connectivity index (χ0) is 22.4. The summed E-state index contributed by atoms with van der Waals surface area (Å²) in [7, 11) is 0. The minimum absolute atomic E-state index is 0.127. The van der Waals surface area contributed by atoms with Crippen molar-refractivity contribution in [3.05, 3.63) is 84.2 Å². The molecular weight excluding hydrogens is 407 g/mol. The summed E-state index contributed by atoms with van der Waals surface area (Å²) in [6.45, 7) is 1.04. The van der Waals surface area contributed by atoms with Crippen molar-refractivity contribution in [2.24, 2.45) is 0 Å². The third-order valence-electron chi connectivity index (χ3n) is 6.17. The lowest BCUT2D eigenvalue weighted by molar-refractivity contribution is -0.116. The number of benzene rings is 2. The van der Waals surface area contributed by atoms with E-state index in [9.17, 15) is 14.0 Å². The molecule has 2 aromatic carbocycles. The first kappa shape index (κ1) is 21.7. The summed E-state index contributed by atoms with van der Waals surface area (Å²) < 4.78 is 15.2. The number of nitrogens with one attached hydrogen (secondary N) is 2. The molecule has 1 aliphatic carbocycles. The van der Waals surface area contributed by atoms with Gasteiger partial charge >= 0.3 is 0 Å². The molecule has 166 valence electrons. The van der Waals surface area contributed by atoms with Crippen molar-refractivity contribution in [2.75, 3.05) is 11.9 Å². The second kappa shape index (κ2) is 9.77. The number of rotatable bonds is 8. The Balaban J connectivity index is 1.36. The van der Waals surface area contributed by atoms with E-state index in [2.05, 4.69) is 15.6 Å². The predicted octanol–water partition coefficient (Wildman–Crippen LogP) is 4.29. The van der Waals surface area contributed by atoms with Crippen LogP contribution >= 0.6 is 0 Å². The van der Waals surface area contributed by atoms with E-state index in [4.69, 9.17) is 0 Å². The van der Waals surface area contributed by atoms with Crippen LogP contribution in [0.2, 0.25) is 0 Å². The maximum absolute atomic E-state index is 13.4. The molecule has 0 spiro atoms. The fourth-order valence-corrected chi connectivity index (χ4v) is 4.39. The van der Waals surface area contributed by atoms with Crippen molar-refractivity contribution in [2.45, 2.75) is 44.1 Å². The van der Waals surface area contributed by atoms with Crippen LogP contribution in [0.1, 0.15) is 48.0 Å². The average molecular weight is 435 g/mol. The van der Waals surface area contributed by atoms with Crippen LogP contribution in [-0.4, -0.2) is 27.9 Å². The fourth-order valence-electron chi connectivity index (χ4n) is 4.39. The number of halogens is 1. The molecule has 0 aliphatic heterocycles. The van der Waals surface area contributed by atoms with Gasteiger partial charge in [-0.05, 0) is 48.7 Å². The molecule has 1 heterocycles. The standard InChI is InChI=1S/C25H27FN4O2/c26-21-8-6-20(7-9-21)25(11-1-2-12-25)17-28-24(32)19-4-3-5-22(16-19)29-23(31)10-14-30-15-13-27-18-30/h3-9,13,15-16,18H,1-2,10-12,14,17H2,(H,28,32)(H,29,31). The normalized spacial score (nSPS) is 14.8. The molecule has 1 aliphatic rings. The molecule has 32 heavy (non-hydrogen) atoms. The number of aryl methyl sites for hydroxylation is 1. The maximum Gasteiger partial charge on any atom is 0.251 e. The van der Waals surface area contributed by atoms with Gasteiger partial charge in [-0.2, -0.15) is 0 Å². The van der Waals surface area contributed by atoms with Crippen molar-refractivity contribution in [1.29, 1.82) is 0 Å². The van der Waals surface area contributed by atoms with Crippen LogP contribution in [0.3, 0.4) is 0 Å². The SMILES string of the molecule is O=C(CCn1ccnc1)Nc1cccc(C(=O)NCC2(c3ccc(F)cc3)CCCC2)c1. The smallest absolute Gasteiger partial charge is 0.251 e. The summed E-state index contributed by atoms with van der Waals surface area (Å²) >= 11 is 0. The Morgan fingerprint density at radius 3 is 2.59 bits per heavy atom. The van der Waals surface area contributed by atoms with E-state index in [1.165, 1.54) is 12.1 Å². The largest absolute Gasteiger partial charge is 0.351 e. The molecule has 0 bridgehead atoms. The van der Waals surface area contributed by atoms with Gasteiger partial charge < -0.3 is 15.2 Å². The lowest BCUT2D eigenvalue weighted by Crippen LogP contribution is -2.39. The number of carbonyl (C=O) groups excluding carboxylic acids is 2. The van der Waals surface area contributed by atoms with Gasteiger partial charge in [0.25, 0.3) is 5.91 Å². The van der Waals surface area contributed by atoms with Crippen molar-refractivity contribution < 1.29 is 14.0 Å². The Bertz CT molecular complexity index is 1060. The number of anilines is 1. The number of hydrogen-bond donors (Lipinski definition) is 2. The average Bonchev–Trinajstić information content (AvgIpc) is 3.50. The molecule has 0 unspecified atom stereocenters. The maximum atomic E-state index is 13.4. The van der Waals surface area contributed by atoms with Crippen LogP contribution in [0.5, 0.6) is 0 Å². The molecule has 3 aromatic rings. The van der Waals surface area contributed by atoms with E-state index in [0.717, 1.165) is 31.2 Å². The van der Waals surface area contributed by atoms with E-state index in [1.54, 1.807) is 43.0 Å². The van der Waals surface area contributed by atoms with Crippen LogP contribution in [-0.2, 0) is 16.8 Å². The molecule has 1 fully saturated rings. The predicted molar refractivity (Wildman–Crippen MR) is 121 cm³/mol. The molecule has 1 aromatic heterocycles. The zero-order valence-electron chi connectivity index (χ0n) is 17.9. The molecule has 0 atom stereocenters. The first-order valence-corrected chi connectivity index (χ1v) is 10.9. The lowest BCUT2D eigenvalue weighted by atomic mass is 9.78. The second-order valence-corrected chi connectivity index (χ2v) is 8.36. The summed E-state index contributed by atoms with van der Waals surface area (Å²) in [6, 6.07) is 13.6. The fraction of sp³-hybridized carbons (Fsp3) is 0.320. The molecule has 0 radical (unpaired) electrons. The molecule has 4 rings (SSSR count). The Labute approximate surface area is 186 Å². The highest BCUT2D eigenvalue weighted by atomic mass is 19.1. The number of aromatic nitrogens is 2. The van der Waals surface area contributed by atoms with Gasteiger partial charge in [-0.3, -0.25) is 9.59 Å². The van der Waals surface area contributed by atoms with E-state index < -0.39 is 0 Å². The van der Waals surface area contributed by atoms with Crippen molar-refractivity contribution >= 4 is 17.5 Å². The van der Waals surface area contributed by atoms with Gasteiger partial charge in [0, 0.05) is 48.6 Å². The molecule has 6 nitrogen and oxygen atoms in total. The van der Waals surface area contributed by atoms with Gasteiger partial charge in [-0.15, -0.1) is 0 Å². The van der Waals surface area contributed by atoms with Crippen LogP contribution in [0.15, 0.2) is 67.3 Å². The Kier molecular flexibility index (Phi) is 6.63. The minimum Gasteiger partial charge on any atom is -0.351 e. The third-order valence-corrected chi connectivity index (χ3v) is 6.17. The highest BCUT2D eigenvalue weighted by Gasteiger charge is 2.36. The quantitative estimate of drug-likeness (QED) is 0.555. The highest BCUT2D eigenvalue weighted by Crippen LogP contribution is 2.40. The molecule has 2 amide bonds. The summed E-state index contributed by atoms with van der Waals surface area (Å²) in [5.74, 6) is -0.569. The Morgan fingerprint density at radius 1 is 1.09 bits per heavy atom. The van der Waals surface area contributed by atoms with E-state index >= 15 is 0 Å². The highest BCUT2D eigenvalue weighted by molar-refractivity contribution is 5.97. The third kappa shape index (κ3) is 5.22. The molecule has 1 saturated carbocycles. The van der Waals surface area contributed by atoms with Crippen LogP contribution in [0.4, 0.5) is 10.1 Å². The van der Waals surface area contributed by atoms with Gasteiger partial charge in [-0.25, -0.2) is 9.37 Å². The number of carbonyl (C=O) groups is 2. The number of imidazole rings is 1. The van der Waals surface area contributed by atoms with E-state index in [1.807, 2.05) is 16.7 Å². The van der Waals surface area contributed by atoms with Crippen molar-refractivity contribution in [1.82, 2.24) is 14.9 Å². The number of hydrogen-bond acceptors (Lipinski definition) is 3. The number of nitrogens with zero attached hydrogens (tertiary/aromatic N) is 2. The molecule has 0 saturated heterocycles. The first-order chi connectivity index (χ1) is 15.5. The van der Waals surface area contributed by atoms with Gasteiger partial charge in [0.2, 0.25) is 5.91 Å². The topological polar surface area (TPSA) is 76.0 Å². The molecular formula is C25H27FN4O2. The summed E-state index contributed by atoms with van der Waals surface area (Å²) in [5, 5.41) is 5.91. The second-order valence-electron chi connectivity index (χ2n) is 8.36. The summed E-state index contributed by atoms with van der Waals surface area (Å²) in [6.07, 6.45) is 9.57. The van der Waals surface area contributed by atoms with Gasteiger partial charge in [0.05, 0.1) is 6.33 Å². The van der Waals surface area contributed by atoms with Gasteiger partial charge in [0.15, 0.2) is 0 Å². The zero-order valence-corrected chi connectivity index (χ0v) is 17.9. The molecule has 2 N–H and O–H groups in total. The first-order valence-electron chi connectivity index (χ1n) is 10.9. The Morgan fingerprint density at radius 2 is 1.88 bits per heavy atom. The van der Waals surface area contributed by atoms with Crippen LogP contribution in [0.25, 0.3) is 0 Å².